The highest BCUT2D eigenvalue weighted by Gasteiger charge is 2.15. The second-order valence-corrected chi connectivity index (χ2v) is 6.99. The summed E-state index contributed by atoms with van der Waals surface area (Å²) < 4.78 is 23.0. The molecule has 8 heteroatoms. The molecule has 1 aromatic carbocycles. The molecule has 0 unspecified atom stereocenters. The van der Waals surface area contributed by atoms with Gasteiger partial charge in [-0.2, -0.15) is 0 Å². The molecule has 0 fully saturated rings. The zero-order valence-electron chi connectivity index (χ0n) is 10.8. The highest BCUT2D eigenvalue weighted by atomic mass is 35.5. The van der Waals surface area contributed by atoms with E-state index in [4.69, 9.17) is 23.2 Å². The first-order valence-corrected chi connectivity index (χ1v) is 8.35. The number of aromatic nitrogens is 1. The van der Waals surface area contributed by atoms with Crippen LogP contribution in [0.5, 0.6) is 0 Å². The number of amides is 1. The molecule has 0 spiro atoms. The first kappa shape index (κ1) is 15.8. The highest BCUT2D eigenvalue weighted by Crippen LogP contribution is 2.26. The van der Waals surface area contributed by atoms with E-state index in [1.54, 1.807) is 6.07 Å². The lowest BCUT2D eigenvalue weighted by Gasteiger charge is -2.09. The Morgan fingerprint density at radius 2 is 1.95 bits per heavy atom. The van der Waals surface area contributed by atoms with Crippen molar-refractivity contribution in [2.75, 3.05) is 11.6 Å². The Hall–Kier alpha value is -1.63. The summed E-state index contributed by atoms with van der Waals surface area (Å²) in [5, 5.41) is 2.79. The molecule has 0 aliphatic rings. The monoisotopic (exact) mass is 344 g/mol. The normalized spacial score (nSPS) is 11.2. The molecular weight excluding hydrogens is 335 g/mol. The summed E-state index contributed by atoms with van der Waals surface area (Å²) >= 11 is 11.8. The third-order valence-corrected chi connectivity index (χ3v) is 4.36. The predicted octanol–water partition coefficient (Wildman–Crippen LogP) is 3.04. The van der Waals surface area contributed by atoms with Crippen molar-refractivity contribution in [3.05, 3.63) is 52.3 Å². The van der Waals surface area contributed by atoms with Gasteiger partial charge >= 0.3 is 0 Å². The van der Waals surface area contributed by atoms with Gasteiger partial charge in [-0.15, -0.1) is 0 Å². The van der Waals surface area contributed by atoms with Crippen LogP contribution in [0.3, 0.4) is 0 Å². The number of hydrogen-bond acceptors (Lipinski definition) is 4. The Morgan fingerprint density at radius 3 is 2.57 bits per heavy atom. The molecule has 0 saturated heterocycles. The maximum absolute atomic E-state index is 12.1. The van der Waals surface area contributed by atoms with Gasteiger partial charge in [0.05, 0.1) is 21.2 Å². The van der Waals surface area contributed by atoms with E-state index in [-0.39, 0.29) is 26.3 Å². The second-order valence-electron chi connectivity index (χ2n) is 4.21. The molecule has 1 amide bonds. The average molecular weight is 345 g/mol. The number of halogens is 2. The molecular formula is C13H10Cl2N2O3S. The summed E-state index contributed by atoms with van der Waals surface area (Å²) in [5.74, 6) is -0.527. The number of nitrogens with zero attached hydrogens (tertiary/aromatic N) is 1. The van der Waals surface area contributed by atoms with Gasteiger partial charge in [0.15, 0.2) is 9.84 Å². The molecule has 110 valence electrons. The fraction of sp³-hybridized carbons (Fsp3) is 0.0769. The summed E-state index contributed by atoms with van der Waals surface area (Å²) in [5.41, 5.74) is 0.351. The molecule has 0 saturated carbocycles. The lowest BCUT2D eigenvalue weighted by Crippen LogP contribution is -2.13. The van der Waals surface area contributed by atoms with Gasteiger partial charge in [-0.1, -0.05) is 23.2 Å². The number of anilines is 1. The van der Waals surface area contributed by atoms with Gasteiger partial charge < -0.3 is 5.32 Å². The molecule has 2 rings (SSSR count). The van der Waals surface area contributed by atoms with E-state index >= 15 is 0 Å². The standard InChI is InChI=1S/C13H10Cl2N2O3S/c1-21(19,20)8-4-5-10(14)11(7-8)17-13(18)9-3-2-6-16-12(9)15/h2-7H,1H3,(H,17,18). The zero-order valence-corrected chi connectivity index (χ0v) is 13.1. The lowest BCUT2D eigenvalue weighted by molar-refractivity contribution is 0.102. The number of nitrogens with one attached hydrogen (secondary N) is 1. The Bertz CT molecular complexity index is 807. The number of carbonyl (C=O) groups excluding carboxylic acids is 1. The molecule has 21 heavy (non-hydrogen) atoms. The molecule has 0 radical (unpaired) electrons. The Labute approximate surface area is 131 Å². The Balaban J connectivity index is 2.36. The largest absolute Gasteiger partial charge is 0.320 e. The van der Waals surface area contributed by atoms with Crippen molar-refractivity contribution >= 4 is 44.6 Å². The van der Waals surface area contributed by atoms with E-state index in [2.05, 4.69) is 10.3 Å². The first-order chi connectivity index (χ1) is 9.79. The van der Waals surface area contributed by atoms with Crippen molar-refractivity contribution in [3.8, 4) is 0 Å². The average Bonchev–Trinajstić information content (AvgIpc) is 2.40. The molecule has 1 N–H and O–H groups in total. The van der Waals surface area contributed by atoms with E-state index in [9.17, 15) is 13.2 Å². The second kappa shape index (κ2) is 6.01. The van der Waals surface area contributed by atoms with Crippen molar-refractivity contribution in [2.45, 2.75) is 4.90 Å². The quantitative estimate of drug-likeness (QED) is 0.868. The first-order valence-electron chi connectivity index (χ1n) is 5.70. The van der Waals surface area contributed by atoms with Crippen LogP contribution in [0.4, 0.5) is 5.69 Å². The Morgan fingerprint density at radius 1 is 1.24 bits per heavy atom. The molecule has 5 nitrogen and oxygen atoms in total. The maximum atomic E-state index is 12.1. The van der Waals surface area contributed by atoms with Crippen LogP contribution in [-0.2, 0) is 9.84 Å². The molecule has 0 aliphatic heterocycles. The van der Waals surface area contributed by atoms with Crippen LogP contribution in [0, 0.1) is 0 Å². The molecule has 1 aromatic heterocycles. The van der Waals surface area contributed by atoms with Crippen LogP contribution < -0.4 is 5.32 Å². The molecule has 2 aromatic rings. The molecule has 0 bridgehead atoms. The summed E-state index contributed by atoms with van der Waals surface area (Å²) in [6.07, 6.45) is 2.52. The van der Waals surface area contributed by atoms with E-state index in [0.29, 0.717) is 0 Å². The topological polar surface area (TPSA) is 76.1 Å². The SMILES string of the molecule is CS(=O)(=O)c1ccc(Cl)c(NC(=O)c2cccnc2Cl)c1. The van der Waals surface area contributed by atoms with Crippen LogP contribution in [0.1, 0.15) is 10.4 Å². The van der Waals surface area contributed by atoms with Gasteiger partial charge in [-0.05, 0) is 30.3 Å². The molecule has 1 heterocycles. The van der Waals surface area contributed by atoms with Gasteiger partial charge in [-0.25, -0.2) is 13.4 Å². The minimum atomic E-state index is -3.40. The zero-order chi connectivity index (χ0) is 15.6. The van der Waals surface area contributed by atoms with Crippen molar-refractivity contribution in [2.24, 2.45) is 0 Å². The lowest BCUT2D eigenvalue weighted by atomic mass is 10.2. The third kappa shape index (κ3) is 3.72. The molecule has 0 atom stereocenters. The van der Waals surface area contributed by atoms with Crippen LogP contribution >= 0.6 is 23.2 Å². The summed E-state index contributed by atoms with van der Waals surface area (Å²) in [6, 6.07) is 7.12. The number of rotatable bonds is 3. The van der Waals surface area contributed by atoms with Crippen molar-refractivity contribution < 1.29 is 13.2 Å². The fourth-order valence-electron chi connectivity index (χ4n) is 1.58. The minimum absolute atomic E-state index is 0.0467. The van der Waals surface area contributed by atoms with Crippen LogP contribution in [0.2, 0.25) is 10.2 Å². The van der Waals surface area contributed by atoms with Crippen molar-refractivity contribution in [1.29, 1.82) is 0 Å². The minimum Gasteiger partial charge on any atom is -0.320 e. The van der Waals surface area contributed by atoms with Crippen molar-refractivity contribution in [3.63, 3.8) is 0 Å². The predicted molar refractivity (Wildman–Crippen MR) is 81.8 cm³/mol. The summed E-state index contributed by atoms with van der Waals surface area (Å²) in [4.78, 5) is 16.0. The van der Waals surface area contributed by atoms with E-state index in [1.807, 2.05) is 0 Å². The smallest absolute Gasteiger partial charge is 0.258 e. The number of hydrogen-bond donors (Lipinski definition) is 1. The third-order valence-electron chi connectivity index (χ3n) is 2.62. The number of sulfone groups is 1. The Kier molecular flexibility index (Phi) is 4.51. The molecule has 0 aliphatic carbocycles. The van der Waals surface area contributed by atoms with Gasteiger partial charge in [0.2, 0.25) is 0 Å². The van der Waals surface area contributed by atoms with Gasteiger partial charge in [0.25, 0.3) is 5.91 Å². The van der Waals surface area contributed by atoms with Gasteiger partial charge in [0.1, 0.15) is 5.15 Å². The highest BCUT2D eigenvalue weighted by molar-refractivity contribution is 7.90. The van der Waals surface area contributed by atoms with Crippen LogP contribution in [0.25, 0.3) is 0 Å². The fourth-order valence-corrected chi connectivity index (χ4v) is 2.59. The number of benzene rings is 1. The summed E-state index contributed by atoms with van der Waals surface area (Å²) in [7, 11) is -3.40. The number of carbonyl (C=O) groups is 1. The van der Waals surface area contributed by atoms with Gasteiger partial charge in [-0.3, -0.25) is 4.79 Å². The summed E-state index contributed by atoms with van der Waals surface area (Å²) in [6.45, 7) is 0. The number of pyridine rings is 1. The van der Waals surface area contributed by atoms with E-state index in [1.165, 1.54) is 30.5 Å². The van der Waals surface area contributed by atoms with E-state index in [0.717, 1.165) is 6.26 Å². The van der Waals surface area contributed by atoms with Crippen LogP contribution in [-0.4, -0.2) is 25.6 Å². The van der Waals surface area contributed by atoms with E-state index < -0.39 is 15.7 Å². The van der Waals surface area contributed by atoms with Crippen molar-refractivity contribution in [1.82, 2.24) is 4.98 Å². The maximum Gasteiger partial charge on any atom is 0.258 e. The van der Waals surface area contributed by atoms with Crippen LogP contribution in [0.15, 0.2) is 41.4 Å². The van der Waals surface area contributed by atoms with Gasteiger partial charge in [0, 0.05) is 12.5 Å².